The van der Waals surface area contributed by atoms with Gasteiger partial charge in [0.1, 0.15) is 5.75 Å². The summed E-state index contributed by atoms with van der Waals surface area (Å²) < 4.78 is 10.5. The third-order valence-electron chi connectivity index (χ3n) is 7.32. The fourth-order valence-corrected chi connectivity index (χ4v) is 5.96. The molecule has 0 spiro atoms. The number of fused-ring (bicyclic) bond motifs is 6. The van der Waals surface area contributed by atoms with Crippen molar-refractivity contribution in [3.63, 3.8) is 0 Å². The molecule has 0 radical (unpaired) electrons. The van der Waals surface area contributed by atoms with Crippen molar-refractivity contribution < 1.29 is 19.4 Å². The summed E-state index contributed by atoms with van der Waals surface area (Å²) in [5.74, 6) is 0.842. The zero-order valence-electron chi connectivity index (χ0n) is 16.5. The highest BCUT2D eigenvalue weighted by Gasteiger charge is 2.49. The van der Waals surface area contributed by atoms with E-state index >= 15 is 0 Å². The number of ether oxygens (including phenoxy) is 2. The van der Waals surface area contributed by atoms with E-state index in [1.807, 2.05) is 6.07 Å². The molecule has 3 heterocycles. The van der Waals surface area contributed by atoms with Crippen molar-refractivity contribution in [3.05, 3.63) is 29.5 Å². The van der Waals surface area contributed by atoms with Gasteiger partial charge < -0.3 is 19.6 Å². The maximum absolute atomic E-state index is 12.4. The van der Waals surface area contributed by atoms with Crippen LogP contribution in [0.3, 0.4) is 0 Å². The molecule has 2 N–H and O–H groups in total. The minimum absolute atomic E-state index is 0.171. The lowest BCUT2D eigenvalue weighted by atomic mass is 9.65. The van der Waals surface area contributed by atoms with E-state index in [1.54, 1.807) is 7.11 Å². The van der Waals surface area contributed by atoms with Gasteiger partial charge in [0.05, 0.1) is 32.3 Å². The van der Waals surface area contributed by atoms with E-state index in [2.05, 4.69) is 22.0 Å². The van der Waals surface area contributed by atoms with E-state index in [4.69, 9.17) is 9.47 Å². The van der Waals surface area contributed by atoms with E-state index in [1.165, 1.54) is 23.8 Å². The number of hydrogen-bond donors (Lipinski definition) is 2. The van der Waals surface area contributed by atoms with Crippen LogP contribution in [0, 0.1) is 17.8 Å². The molecule has 150 valence electrons. The van der Waals surface area contributed by atoms with Gasteiger partial charge in [-0.3, -0.25) is 9.69 Å². The second kappa shape index (κ2) is 6.78. The summed E-state index contributed by atoms with van der Waals surface area (Å²) in [6, 6.07) is 6.46. The summed E-state index contributed by atoms with van der Waals surface area (Å²) in [6.07, 6.45) is 3.00. The zero-order valence-corrected chi connectivity index (χ0v) is 16.5. The molecule has 1 aromatic heterocycles. The number of nitrogens with one attached hydrogen (secondary N) is 1. The van der Waals surface area contributed by atoms with Gasteiger partial charge in [-0.05, 0) is 61.3 Å². The molecule has 2 fully saturated rings. The number of H-pyrrole nitrogens is 1. The van der Waals surface area contributed by atoms with Crippen molar-refractivity contribution in [2.45, 2.75) is 37.8 Å². The van der Waals surface area contributed by atoms with E-state index < -0.39 is 12.0 Å². The van der Waals surface area contributed by atoms with Crippen molar-refractivity contribution in [1.82, 2.24) is 9.88 Å². The molecule has 3 aliphatic rings. The van der Waals surface area contributed by atoms with Gasteiger partial charge in [0.15, 0.2) is 0 Å². The average Bonchev–Trinajstić information content (AvgIpc) is 3.10. The first kappa shape index (κ1) is 18.0. The largest absolute Gasteiger partial charge is 0.497 e. The molecule has 0 bridgehead atoms. The van der Waals surface area contributed by atoms with Crippen LogP contribution in [0.15, 0.2) is 18.2 Å². The van der Waals surface area contributed by atoms with E-state index in [-0.39, 0.29) is 17.9 Å². The van der Waals surface area contributed by atoms with Gasteiger partial charge in [0.2, 0.25) is 0 Å². The van der Waals surface area contributed by atoms with Crippen molar-refractivity contribution in [3.8, 4) is 5.75 Å². The van der Waals surface area contributed by atoms with Crippen molar-refractivity contribution in [1.29, 1.82) is 0 Å². The summed E-state index contributed by atoms with van der Waals surface area (Å²) >= 11 is 0. The van der Waals surface area contributed by atoms with Crippen LogP contribution in [0.1, 0.15) is 36.6 Å². The van der Waals surface area contributed by atoms with Gasteiger partial charge in [-0.1, -0.05) is 0 Å². The Balaban J connectivity index is 1.52. The highest BCUT2D eigenvalue weighted by Crippen LogP contribution is 2.49. The average molecular weight is 384 g/mol. The Labute approximate surface area is 164 Å². The van der Waals surface area contributed by atoms with Gasteiger partial charge in [-0.15, -0.1) is 0 Å². The van der Waals surface area contributed by atoms with Crippen LogP contribution in [0.2, 0.25) is 0 Å². The topological polar surface area (TPSA) is 74.8 Å². The summed E-state index contributed by atoms with van der Waals surface area (Å²) in [7, 11) is 3.13. The first-order valence-corrected chi connectivity index (χ1v) is 10.3. The molecule has 1 saturated carbocycles. The first-order chi connectivity index (χ1) is 13.6. The highest BCUT2D eigenvalue weighted by molar-refractivity contribution is 5.86. The molecule has 5 atom stereocenters. The number of carbonyl (C=O) groups excluding carboxylic acids is 1. The lowest BCUT2D eigenvalue weighted by Crippen LogP contribution is -2.53. The number of aromatic amines is 1. The predicted molar refractivity (Wildman–Crippen MR) is 105 cm³/mol. The van der Waals surface area contributed by atoms with Gasteiger partial charge in [-0.25, -0.2) is 0 Å². The number of aliphatic hydroxyl groups is 1. The molecule has 1 aromatic carbocycles. The third kappa shape index (κ3) is 2.65. The van der Waals surface area contributed by atoms with Crippen LogP contribution >= 0.6 is 0 Å². The molecule has 2 aliphatic heterocycles. The van der Waals surface area contributed by atoms with Crippen molar-refractivity contribution in [2.24, 2.45) is 17.8 Å². The summed E-state index contributed by atoms with van der Waals surface area (Å²) in [6.45, 7) is 2.03. The maximum atomic E-state index is 12.4. The van der Waals surface area contributed by atoms with Gasteiger partial charge in [0, 0.05) is 29.7 Å². The van der Waals surface area contributed by atoms with Crippen LogP contribution in [-0.4, -0.2) is 54.4 Å². The number of aliphatic hydroxyl groups excluding tert-OH is 1. The second-order valence-electron chi connectivity index (χ2n) is 8.54. The van der Waals surface area contributed by atoms with E-state index in [9.17, 15) is 9.90 Å². The normalized spacial score (nSPS) is 32.3. The number of rotatable bonds is 2. The third-order valence-corrected chi connectivity index (χ3v) is 7.32. The number of piperidine rings is 1. The Kier molecular flexibility index (Phi) is 4.36. The Bertz CT molecular complexity index is 907. The Morgan fingerprint density at radius 1 is 1.29 bits per heavy atom. The summed E-state index contributed by atoms with van der Waals surface area (Å²) in [4.78, 5) is 18.7. The molecule has 2 aromatic rings. The molecular formula is C22H28N2O4. The lowest BCUT2D eigenvalue weighted by molar-refractivity contribution is -0.160. The van der Waals surface area contributed by atoms with E-state index in [0.29, 0.717) is 12.3 Å². The van der Waals surface area contributed by atoms with E-state index in [0.717, 1.165) is 43.6 Å². The molecule has 28 heavy (non-hydrogen) atoms. The smallest absolute Gasteiger partial charge is 0.311 e. The number of methoxy groups -OCH3 is 2. The fourth-order valence-electron chi connectivity index (χ4n) is 5.96. The standard InChI is InChI=1S/C22H28N2O4/c1-27-13-4-5-17-16(9-13)14-7-8-24-11-12-3-6-19(25)20(22(26)28-2)15(12)10-18(24)21(14)23-17/h4-5,9,12,15,18-20,23,25H,3,6-8,10-11H2,1-2H3. The van der Waals surface area contributed by atoms with Crippen LogP contribution in [0.4, 0.5) is 0 Å². The molecular weight excluding hydrogens is 356 g/mol. The van der Waals surface area contributed by atoms with Crippen LogP contribution in [-0.2, 0) is 16.0 Å². The molecule has 0 amide bonds. The summed E-state index contributed by atoms with van der Waals surface area (Å²) in [5, 5.41) is 11.8. The summed E-state index contributed by atoms with van der Waals surface area (Å²) in [5.41, 5.74) is 3.79. The number of hydrogen-bond acceptors (Lipinski definition) is 5. The highest BCUT2D eigenvalue weighted by atomic mass is 16.5. The number of esters is 1. The Morgan fingerprint density at radius 3 is 2.93 bits per heavy atom. The predicted octanol–water partition coefficient (Wildman–Crippen LogP) is 2.66. The monoisotopic (exact) mass is 384 g/mol. The molecule has 5 unspecified atom stereocenters. The van der Waals surface area contributed by atoms with Gasteiger partial charge >= 0.3 is 5.97 Å². The molecule has 5 rings (SSSR count). The second-order valence-corrected chi connectivity index (χ2v) is 8.54. The number of nitrogens with zero attached hydrogens (tertiary/aromatic N) is 1. The number of carbonyl (C=O) groups is 1. The maximum Gasteiger partial charge on any atom is 0.311 e. The number of aromatic nitrogens is 1. The quantitative estimate of drug-likeness (QED) is 0.779. The van der Waals surface area contributed by atoms with Crippen molar-refractivity contribution >= 4 is 16.9 Å². The SMILES string of the molecule is COC(=O)C1C(O)CCC2CN3CCc4c([nH]c5ccc(OC)cc45)C3CC21. The number of benzene rings is 1. The fraction of sp³-hybridized carbons (Fsp3) is 0.591. The Morgan fingerprint density at radius 2 is 2.14 bits per heavy atom. The molecule has 1 saturated heterocycles. The minimum Gasteiger partial charge on any atom is -0.497 e. The molecule has 6 heteroatoms. The molecule has 1 aliphatic carbocycles. The lowest BCUT2D eigenvalue weighted by Gasteiger charge is -2.50. The first-order valence-electron chi connectivity index (χ1n) is 10.3. The van der Waals surface area contributed by atoms with Gasteiger partial charge in [-0.2, -0.15) is 0 Å². The van der Waals surface area contributed by atoms with Crippen LogP contribution < -0.4 is 4.74 Å². The molecule has 6 nitrogen and oxygen atoms in total. The van der Waals surface area contributed by atoms with Crippen LogP contribution in [0.25, 0.3) is 10.9 Å². The van der Waals surface area contributed by atoms with Crippen molar-refractivity contribution in [2.75, 3.05) is 27.3 Å². The Hall–Kier alpha value is -2.05. The minimum atomic E-state index is -0.588. The zero-order chi connectivity index (χ0) is 19.4. The van der Waals surface area contributed by atoms with Gasteiger partial charge in [0.25, 0.3) is 0 Å². The van der Waals surface area contributed by atoms with Crippen LogP contribution in [0.5, 0.6) is 5.75 Å².